The van der Waals surface area contributed by atoms with E-state index in [4.69, 9.17) is 9.15 Å². The number of carbonyl (C=O) groups is 2. The first-order valence-electron chi connectivity index (χ1n) is 11.8. The number of aryl methyl sites for hydroxylation is 1. The molecule has 0 aliphatic rings. The van der Waals surface area contributed by atoms with Crippen LogP contribution in [0.25, 0.3) is 11.0 Å². The van der Waals surface area contributed by atoms with Gasteiger partial charge >= 0.3 is 0 Å². The van der Waals surface area contributed by atoms with Crippen molar-refractivity contribution in [1.82, 2.24) is 20.3 Å². The molecular formula is C27H31N5O4. The highest BCUT2D eigenvalue weighted by Gasteiger charge is 2.37. The fraction of sp³-hybridized carbons (Fsp3) is 0.333. The lowest BCUT2D eigenvalue weighted by atomic mass is 10.0. The highest BCUT2D eigenvalue weighted by molar-refractivity contribution is 6.01. The molecular weight excluding hydrogens is 458 g/mol. The molecule has 2 aromatic carbocycles. The molecule has 36 heavy (non-hydrogen) atoms. The lowest BCUT2D eigenvalue weighted by molar-refractivity contribution is -0.128. The number of fused-ring (bicyclic) bond motifs is 1. The molecule has 0 saturated carbocycles. The highest BCUT2D eigenvalue weighted by Crippen LogP contribution is 2.31. The van der Waals surface area contributed by atoms with Crippen LogP contribution in [0.15, 0.2) is 65.1 Å². The SMILES string of the molecule is CCC(C)(C)NC(=O)[C@H](c1ccc(C)o1)N(C(=O)Cn1nnc2ccccc21)c1ccc(OC)cc1. The summed E-state index contributed by atoms with van der Waals surface area (Å²) in [5, 5.41) is 11.4. The van der Waals surface area contributed by atoms with Crippen LogP contribution in [0.4, 0.5) is 5.69 Å². The Morgan fingerprint density at radius 1 is 1.11 bits per heavy atom. The number of anilines is 1. The minimum atomic E-state index is -1.04. The van der Waals surface area contributed by atoms with Crippen LogP contribution in [0.2, 0.25) is 0 Å². The van der Waals surface area contributed by atoms with Gasteiger partial charge in [0.1, 0.15) is 29.3 Å². The Morgan fingerprint density at radius 3 is 2.47 bits per heavy atom. The zero-order valence-electron chi connectivity index (χ0n) is 21.2. The lowest BCUT2D eigenvalue weighted by Crippen LogP contribution is -2.51. The summed E-state index contributed by atoms with van der Waals surface area (Å²) in [5.74, 6) is 0.949. The van der Waals surface area contributed by atoms with Gasteiger partial charge in [0, 0.05) is 11.2 Å². The van der Waals surface area contributed by atoms with Gasteiger partial charge in [0.15, 0.2) is 6.04 Å². The first-order valence-corrected chi connectivity index (χ1v) is 11.8. The number of furan rings is 1. The second-order valence-electron chi connectivity index (χ2n) is 9.28. The second-order valence-corrected chi connectivity index (χ2v) is 9.28. The Hall–Kier alpha value is -4.14. The molecule has 1 N–H and O–H groups in total. The van der Waals surface area contributed by atoms with Gasteiger partial charge in [0.2, 0.25) is 5.91 Å². The topological polar surface area (TPSA) is 102 Å². The second kappa shape index (κ2) is 10.2. The fourth-order valence-electron chi connectivity index (χ4n) is 3.88. The van der Waals surface area contributed by atoms with Crippen molar-refractivity contribution in [3.63, 3.8) is 0 Å². The summed E-state index contributed by atoms with van der Waals surface area (Å²) >= 11 is 0. The van der Waals surface area contributed by atoms with E-state index in [1.165, 1.54) is 9.58 Å². The van der Waals surface area contributed by atoms with Crippen molar-refractivity contribution in [3.8, 4) is 5.75 Å². The van der Waals surface area contributed by atoms with E-state index >= 15 is 0 Å². The van der Waals surface area contributed by atoms with E-state index in [2.05, 4.69) is 15.6 Å². The van der Waals surface area contributed by atoms with Crippen molar-refractivity contribution in [2.24, 2.45) is 0 Å². The first kappa shape index (κ1) is 25.0. The third kappa shape index (κ3) is 5.25. The molecule has 2 aromatic heterocycles. The van der Waals surface area contributed by atoms with Gasteiger partial charge in [-0.3, -0.25) is 14.5 Å². The standard InChI is InChI=1S/C27H31N5O4/c1-6-27(3,4)28-26(34)25(23-16-11-18(2)36-23)32(19-12-14-20(35-5)15-13-19)24(33)17-31-22-10-8-7-9-21(22)29-30-31/h7-16,25H,6,17H2,1-5H3,(H,28,34)/t25-/m0/s1. The summed E-state index contributed by atoms with van der Waals surface area (Å²) in [5.41, 5.74) is 1.45. The van der Waals surface area contributed by atoms with Crippen molar-refractivity contribution in [2.45, 2.75) is 52.2 Å². The number of para-hydroxylation sites is 1. The maximum Gasteiger partial charge on any atom is 0.251 e. The molecule has 0 fully saturated rings. The molecule has 0 aliphatic heterocycles. The van der Waals surface area contributed by atoms with Gasteiger partial charge in [-0.05, 0) is 75.7 Å². The molecule has 0 aliphatic carbocycles. The summed E-state index contributed by atoms with van der Waals surface area (Å²) in [6, 6.07) is 16.9. The molecule has 0 radical (unpaired) electrons. The molecule has 9 heteroatoms. The number of amides is 2. The average molecular weight is 490 g/mol. The Morgan fingerprint density at radius 2 is 1.83 bits per heavy atom. The molecule has 4 aromatic rings. The predicted molar refractivity (Wildman–Crippen MR) is 137 cm³/mol. The van der Waals surface area contributed by atoms with Gasteiger partial charge in [-0.15, -0.1) is 5.10 Å². The van der Waals surface area contributed by atoms with Crippen molar-refractivity contribution >= 4 is 28.5 Å². The van der Waals surface area contributed by atoms with Gasteiger partial charge in [-0.1, -0.05) is 24.3 Å². The van der Waals surface area contributed by atoms with Crippen molar-refractivity contribution in [1.29, 1.82) is 0 Å². The Labute approximate surface area is 210 Å². The Balaban J connectivity index is 1.80. The zero-order valence-corrected chi connectivity index (χ0v) is 21.2. The van der Waals surface area contributed by atoms with Gasteiger partial charge in [-0.2, -0.15) is 0 Å². The molecule has 1 atom stereocenters. The molecule has 0 bridgehead atoms. The van der Waals surface area contributed by atoms with Gasteiger partial charge in [-0.25, -0.2) is 4.68 Å². The van der Waals surface area contributed by atoms with Crippen LogP contribution in [0, 0.1) is 6.92 Å². The minimum Gasteiger partial charge on any atom is -0.497 e. The maximum absolute atomic E-state index is 14.0. The summed E-state index contributed by atoms with van der Waals surface area (Å²) in [6.07, 6.45) is 0.712. The quantitative estimate of drug-likeness (QED) is 0.373. The van der Waals surface area contributed by atoms with Crippen LogP contribution < -0.4 is 15.0 Å². The Kier molecular flexibility index (Phi) is 7.10. The van der Waals surface area contributed by atoms with Gasteiger partial charge in [0.25, 0.3) is 5.91 Å². The van der Waals surface area contributed by atoms with E-state index < -0.39 is 11.6 Å². The van der Waals surface area contributed by atoms with Gasteiger partial charge < -0.3 is 14.5 Å². The molecule has 0 unspecified atom stereocenters. The molecule has 0 spiro atoms. The fourth-order valence-corrected chi connectivity index (χ4v) is 3.88. The summed E-state index contributed by atoms with van der Waals surface area (Å²) in [4.78, 5) is 29.2. The van der Waals surface area contributed by atoms with E-state index in [-0.39, 0.29) is 18.4 Å². The first-order chi connectivity index (χ1) is 17.2. The van der Waals surface area contributed by atoms with E-state index in [9.17, 15) is 9.59 Å². The molecule has 2 heterocycles. The number of hydrogen-bond donors (Lipinski definition) is 1. The van der Waals surface area contributed by atoms with Crippen molar-refractivity contribution in [2.75, 3.05) is 12.0 Å². The van der Waals surface area contributed by atoms with Crippen LogP contribution in [0.3, 0.4) is 0 Å². The van der Waals surface area contributed by atoms with Gasteiger partial charge in [0.05, 0.1) is 12.6 Å². The van der Waals surface area contributed by atoms with E-state index in [0.717, 1.165) is 5.52 Å². The van der Waals surface area contributed by atoms with Crippen molar-refractivity contribution in [3.05, 3.63) is 72.2 Å². The van der Waals surface area contributed by atoms with Crippen LogP contribution in [-0.4, -0.2) is 39.5 Å². The van der Waals surface area contributed by atoms with E-state index in [1.807, 2.05) is 45.0 Å². The molecule has 2 amide bonds. The van der Waals surface area contributed by atoms with Crippen LogP contribution >= 0.6 is 0 Å². The number of nitrogens with one attached hydrogen (secondary N) is 1. The zero-order chi connectivity index (χ0) is 25.9. The molecule has 188 valence electrons. The number of hydrogen-bond acceptors (Lipinski definition) is 6. The number of aromatic nitrogens is 3. The van der Waals surface area contributed by atoms with Crippen LogP contribution in [-0.2, 0) is 16.1 Å². The van der Waals surface area contributed by atoms with Crippen molar-refractivity contribution < 1.29 is 18.7 Å². The smallest absolute Gasteiger partial charge is 0.251 e. The number of carbonyl (C=O) groups excluding carboxylic acids is 2. The monoisotopic (exact) mass is 489 g/mol. The summed E-state index contributed by atoms with van der Waals surface area (Å²) < 4.78 is 12.7. The Bertz CT molecular complexity index is 1360. The largest absolute Gasteiger partial charge is 0.497 e. The number of rotatable bonds is 9. The number of methoxy groups -OCH3 is 1. The predicted octanol–water partition coefficient (Wildman–Crippen LogP) is 4.42. The summed E-state index contributed by atoms with van der Waals surface area (Å²) in [6.45, 7) is 7.56. The lowest BCUT2D eigenvalue weighted by Gasteiger charge is -2.33. The van der Waals surface area contributed by atoms with E-state index in [1.54, 1.807) is 50.4 Å². The average Bonchev–Trinajstić information content (AvgIpc) is 3.48. The van der Waals surface area contributed by atoms with E-state index in [0.29, 0.717) is 34.9 Å². The normalized spacial score (nSPS) is 12.4. The highest BCUT2D eigenvalue weighted by atomic mass is 16.5. The van der Waals surface area contributed by atoms with Crippen LogP contribution in [0.1, 0.15) is 44.8 Å². The summed E-state index contributed by atoms with van der Waals surface area (Å²) in [7, 11) is 1.57. The molecule has 9 nitrogen and oxygen atoms in total. The number of nitrogens with zero attached hydrogens (tertiary/aromatic N) is 4. The molecule has 0 saturated heterocycles. The number of ether oxygens (including phenoxy) is 1. The number of benzene rings is 2. The van der Waals surface area contributed by atoms with Crippen LogP contribution in [0.5, 0.6) is 5.75 Å². The third-order valence-electron chi connectivity index (χ3n) is 6.21. The third-order valence-corrected chi connectivity index (χ3v) is 6.21. The molecule has 4 rings (SSSR count). The maximum atomic E-state index is 14.0. The minimum absolute atomic E-state index is 0.118.